The standard InChI is InChI=1S/C17H21N3O4/c1-13-18-17(19-24-13)15-8-5-9-20(15)16(21)12-22-10-11-23-14-6-3-2-4-7-14/h2-4,6-7,15H,5,8-12H2,1H3/t15-/m1/s1. The maximum atomic E-state index is 12.3. The summed E-state index contributed by atoms with van der Waals surface area (Å²) in [5.41, 5.74) is 0. The summed E-state index contributed by atoms with van der Waals surface area (Å²) in [6, 6.07) is 9.40. The van der Waals surface area contributed by atoms with Gasteiger partial charge in [0.15, 0.2) is 5.82 Å². The summed E-state index contributed by atoms with van der Waals surface area (Å²) >= 11 is 0. The Morgan fingerprint density at radius 3 is 2.92 bits per heavy atom. The van der Waals surface area contributed by atoms with Crippen LogP contribution in [0.2, 0.25) is 0 Å². The molecule has 1 aromatic carbocycles. The number of carbonyl (C=O) groups is 1. The van der Waals surface area contributed by atoms with Crippen LogP contribution in [0.3, 0.4) is 0 Å². The van der Waals surface area contributed by atoms with Crippen LogP contribution in [0, 0.1) is 6.92 Å². The van der Waals surface area contributed by atoms with E-state index in [-0.39, 0.29) is 18.6 Å². The molecule has 7 nitrogen and oxygen atoms in total. The average Bonchev–Trinajstić information content (AvgIpc) is 3.24. The predicted molar refractivity (Wildman–Crippen MR) is 85.5 cm³/mol. The van der Waals surface area contributed by atoms with Gasteiger partial charge in [0.05, 0.1) is 12.6 Å². The molecule has 1 aliphatic heterocycles. The van der Waals surface area contributed by atoms with Crippen molar-refractivity contribution >= 4 is 5.91 Å². The minimum Gasteiger partial charge on any atom is -0.491 e. The zero-order valence-electron chi connectivity index (χ0n) is 13.7. The van der Waals surface area contributed by atoms with Gasteiger partial charge >= 0.3 is 0 Å². The number of para-hydroxylation sites is 1. The summed E-state index contributed by atoms with van der Waals surface area (Å²) in [7, 11) is 0. The van der Waals surface area contributed by atoms with Crippen molar-refractivity contribution in [3.63, 3.8) is 0 Å². The van der Waals surface area contributed by atoms with Gasteiger partial charge in [0.25, 0.3) is 0 Å². The first-order chi connectivity index (χ1) is 11.7. The van der Waals surface area contributed by atoms with E-state index in [1.54, 1.807) is 11.8 Å². The molecule has 2 heterocycles. The van der Waals surface area contributed by atoms with Crippen LogP contribution in [0.1, 0.15) is 30.6 Å². The van der Waals surface area contributed by atoms with Gasteiger partial charge in [-0.05, 0) is 25.0 Å². The molecule has 0 N–H and O–H groups in total. The molecule has 7 heteroatoms. The lowest BCUT2D eigenvalue weighted by atomic mass is 10.2. The summed E-state index contributed by atoms with van der Waals surface area (Å²) in [5.74, 6) is 1.82. The summed E-state index contributed by atoms with van der Waals surface area (Å²) in [4.78, 5) is 18.3. The number of carbonyl (C=O) groups excluding carboxylic acids is 1. The van der Waals surface area contributed by atoms with E-state index in [0.717, 1.165) is 18.6 Å². The van der Waals surface area contributed by atoms with E-state index in [9.17, 15) is 4.79 Å². The second kappa shape index (κ2) is 7.92. The molecule has 0 bridgehead atoms. The number of hydrogen-bond acceptors (Lipinski definition) is 6. The highest BCUT2D eigenvalue weighted by molar-refractivity contribution is 5.78. The van der Waals surface area contributed by atoms with E-state index < -0.39 is 0 Å². The van der Waals surface area contributed by atoms with E-state index in [1.165, 1.54) is 0 Å². The van der Waals surface area contributed by atoms with Crippen molar-refractivity contribution < 1.29 is 18.8 Å². The highest BCUT2D eigenvalue weighted by Crippen LogP contribution is 2.30. The minimum absolute atomic E-state index is 0.0332. The molecule has 1 aliphatic rings. The summed E-state index contributed by atoms with van der Waals surface area (Å²) in [5, 5.41) is 3.93. The van der Waals surface area contributed by atoms with Gasteiger partial charge in [0.2, 0.25) is 11.8 Å². The quantitative estimate of drug-likeness (QED) is 0.723. The molecule has 1 aromatic heterocycles. The van der Waals surface area contributed by atoms with Crippen LogP contribution in [0.15, 0.2) is 34.9 Å². The van der Waals surface area contributed by atoms with Gasteiger partial charge in [-0.2, -0.15) is 4.98 Å². The number of likely N-dealkylation sites (tertiary alicyclic amines) is 1. The van der Waals surface area contributed by atoms with Gasteiger partial charge < -0.3 is 18.9 Å². The number of ether oxygens (including phenoxy) is 2. The second-order valence-corrected chi connectivity index (χ2v) is 5.63. The molecule has 1 atom stereocenters. The third-order valence-corrected chi connectivity index (χ3v) is 3.88. The Labute approximate surface area is 140 Å². The number of amides is 1. The zero-order chi connectivity index (χ0) is 16.8. The molecular weight excluding hydrogens is 310 g/mol. The van der Waals surface area contributed by atoms with Crippen molar-refractivity contribution in [2.75, 3.05) is 26.4 Å². The molecule has 0 saturated carbocycles. The van der Waals surface area contributed by atoms with Crippen molar-refractivity contribution in [1.29, 1.82) is 0 Å². The Hall–Kier alpha value is -2.41. The van der Waals surface area contributed by atoms with Crippen LogP contribution in [-0.2, 0) is 9.53 Å². The topological polar surface area (TPSA) is 77.7 Å². The number of aryl methyl sites for hydroxylation is 1. The first-order valence-corrected chi connectivity index (χ1v) is 8.09. The average molecular weight is 331 g/mol. The second-order valence-electron chi connectivity index (χ2n) is 5.63. The maximum absolute atomic E-state index is 12.3. The summed E-state index contributed by atoms with van der Waals surface area (Å²) < 4.78 is 16.0. The lowest BCUT2D eigenvalue weighted by Crippen LogP contribution is -2.34. The van der Waals surface area contributed by atoms with Gasteiger partial charge in [0, 0.05) is 13.5 Å². The lowest BCUT2D eigenvalue weighted by Gasteiger charge is -2.22. The molecule has 0 aliphatic carbocycles. The van der Waals surface area contributed by atoms with Gasteiger partial charge in [-0.1, -0.05) is 23.4 Å². The van der Waals surface area contributed by atoms with Crippen LogP contribution in [-0.4, -0.2) is 47.3 Å². The van der Waals surface area contributed by atoms with Crippen LogP contribution < -0.4 is 4.74 Å². The molecule has 1 amide bonds. The molecule has 0 radical (unpaired) electrons. The Morgan fingerprint density at radius 1 is 1.33 bits per heavy atom. The first-order valence-electron chi connectivity index (χ1n) is 8.09. The Bertz CT molecular complexity index is 659. The molecule has 1 fully saturated rings. The van der Waals surface area contributed by atoms with Crippen LogP contribution >= 0.6 is 0 Å². The van der Waals surface area contributed by atoms with E-state index >= 15 is 0 Å². The Kier molecular flexibility index (Phi) is 5.43. The fourth-order valence-electron chi connectivity index (χ4n) is 2.76. The maximum Gasteiger partial charge on any atom is 0.249 e. The highest BCUT2D eigenvalue weighted by Gasteiger charge is 2.32. The fraction of sp³-hybridized carbons (Fsp3) is 0.471. The summed E-state index contributed by atoms with van der Waals surface area (Å²) in [6.45, 7) is 3.24. The SMILES string of the molecule is Cc1nc([C@H]2CCCN2C(=O)COCCOc2ccccc2)no1. The van der Waals surface area contributed by atoms with Crippen LogP contribution in [0.25, 0.3) is 0 Å². The zero-order valence-corrected chi connectivity index (χ0v) is 13.7. The number of benzene rings is 1. The van der Waals surface area contributed by atoms with Gasteiger partial charge in [-0.3, -0.25) is 4.79 Å². The number of nitrogens with zero attached hydrogens (tertiary/aromatic N) is 3. The van der Waals surface area contributed by atoms with Gasteiger partial charge in [0.1, 0.15) is 19.0 Å². The third-order valence-electron chi connectivity index (χ3n) is 3.88. The highest BCUT2D eigenvalue weighted by atomic mass is 16.5. The number of aromatic nitrogens is 2. The Balaban J connectivity index is 1.41. The predicted octanol–water partition coefficient (Wildman–Crippen LogP) is 2.14. The van der Waals surface area contributed by atoms with Crippen LogP contribution in [0.5, 0.6) is 5.75 Å². The van der Waals surface area contributed by atoms with Crippen molar-refractivity contribution in [3.8, 4) is 5.75 Å². The molecular formula is C17H21N3O4. The molecule has 1 saturated heterocycles. The Morgan fingerprint density at radius 2 is 2.17 bits per heavy atom. The molecule has 3 rings (SSSR count). The molecule has 2 aromatic rings. The number of rotatable bonds is 7. The van der Waals surface area contributed by atoms with Gasteiger partial charge in [-0.15, -0.1) is 0 Å². The van der Waals surface area contributed by atoms with E-state index in [1.807, 2.05) is 30.3 Å². The van der Waals surface area contributed by atoms with E-state index in [0.29, 0.717) is 31.5 Å². The fourth-order valence-corrected chi connectivity index (χ4v) is 2.76. The van der Waals surface area contributed by atoms with E-state index in [2.05, 4.69) is 10.1 Å². The molecule has 0 spiro atoms. The third kappa shape index (κ3) is 4.11. The van der Waals surface area contributed by atoms with Crippen molar-refractivity contribution in [3.05, 3.63) is 42.0 Å². The smallest absolute Gasteiger partial charge is 0.249 e. The first kappa shape index (κ1) is 16.4. The number of hydrogen-bond donors (Lipinski definition) is 0. The van der Waals surface area contributed by atoms with Gasteiger partial charge in [-0.25, -0.2) is 0 Å². The lowest BCUT2D eigenvalue weighted by molar-refractivity contribution is -0.137. The normalized spacial score (nSPS) is 17.2. The monoisotopic (exact) mass is 331 g/mol. The largest absolute Gasteiger partial charge is 0.491 e. The van der Waals surface area contributed by atoms with E-state index in [4.69, 9.17) is 14.0 Å². The van der Waals surface area contributed by atoms with Crippen molar-refractivity contribution in [2.24, 2.45) is 0 Å². The molecule has 24 heavy (non-hydrogen) atoms. The van der Waals surface area contributed by atoms with Crippen molar-refractivity contribution in [2.45, 2.75) is 25.8 Å². The summed E-state index contributed by atoms with van der Waals surface area (Å²) in [6.07, 6.45) is 1.78. The molecule has 128 valence electrons. The van der Waals surface area contributed by atoms with Crippen LogP contribution in [0.4, 0.5) is 0 Å². The molecule has 0 unspecified atom stereocenters. The minimum atomic E-state index is -0.112. The van der Waals surface area contributed by atoms with Crippen molar-refractivity contribution in [1.82, 2.24) is 15.0 Å².